The molecule has 320 valence electrons. The van der Waals surface area contributed by atoms with Gasteiger partial charge in [0.1, 0.15) is 0 Å². The van der Waals surface area contributed by atoms with Crippen LogP contribution in [0.3, 0.4) is 0 Å². The number of carbonyl (C=O) groups is 8. The topological polar surface area (TPSA) is 347 Å². The molecule has 0 bridgehead atoms. The third-order valence-corrected chi connectivity index (χ3v) is 8.81. The number of primary amides is 4. The highest BCUT2D eigenvalue weighted by atomic mass is 16.4. The summed E-state index contributed by atoms with van der Waals surface area (Å²) in [5.74, 6) is -5.90. The van der Waals surface area contributed by atoms with E-state index in [1.807, 2.05) is 19.6 Å². The average Bonchev–Trinajstić information content (AvgIpc) is 3.05. The number of carboxylic acids is 4. The first-order valence-electron chi connectivity index (χ1n) is 18.1. The van der Waals surface area contributed by atoms with E-state index in [4.69, 9.17) is 43.4 Å². The lowest BCUT2D eigenvalue weighted by Gasteiger charge is -2.33. The zero-order valence-corrected chi connectivity index (χ0v) is 31.9. The van der Waals surface area contributed by atoms with Crippen molar-refractivity contribution in [2.45, 2.75) is 0 Å². The van der Waals surface area contributed by atoms with Gasteiger partial charge in [0.05, 0.1) is 52.4 Å². The van der Waals surface area contributed by atoms with Crippen LogP contribution in [0.15, 0.2) is 0 Å². The van der Waals surface area contributed by atoms with Crippen LogP contribution in [0.5, 0.6) is 0 Å². The summed E-state index contributed by atoms with van der Waals surface area (Å²) in [5.41, 5.74) is 21.3. The molecule has 12 N–H and O–H groups in total. The first kappa shape index (κ1) is 49.5. The van der Waals surface area contributed by atoms with E-state index in [0.717, 1.165) is 0 Å². The van der Waals surface area contributed by atoms with Gasteiger partial charge >= 0.3 is 23.9 Å². The molecular weight excluding hydrogens is 744 g/mol. The minimum Gasteiger partial charge on any atom is -0.480 e. The maximum Gasteiger partial charge on any atom is 0.317 e. The summed E-state index contributed by atoms with van der Waals surface area (Å²) in [4.78, 5) is 104. The molecule has 24 heteroatoms. The van der Waals surface area contributed by atoms with E-state index >= 15 is 0 Å². The fourth-order valence-electron chi connectivity index (χ4n) is 6.07. The zero-order valence-electron chi connectivity index (χ0n) is 31.9. The molecule has 0 atom stereocenters. The summed E-state index contributed by atoms with van der Waals surface area (Å²) in [6, 6.07) is 0. The molecule has 56 heavy (non-hydrogen) atoms. The predicted molar refractivity (Wildman–Crippen MR) is 199 cm³/mol. The molecule has 0 unspecified atom stereocenters. The summed E-state index contributed by atoms with van der Waals surface area (Å²) in [6.07, 6.45) is 0. The van der Waals surface area contributed by atoms with Crippen molar-refractivity contribution < 1.29 is 58.8 Å². The maximum absolute atomic E-state index is 11.4. The van der Waals surface area contributed by atoms with Crippen molar-refractivity contribution in [3.05, 3.63) is 0 Å². The van der Waals surface area contributed by atoms with Crippen molar-refractivity contribution in [2.75, 3.05) is 157 Å². The monoisotopic (exact) mass is 804 g/mol. The number of amides is 4. The van der Waals surface area contributed by atoms with Crippen molar-refractivity contribution >= 4 is 47.5 Å². The van der Waals surface area contributed by atoms with E-state index in [2.05, 4.69) is 0 Å². The summed E-state index contributed by atoms with van der Waals surface area (Å²) in [6.45, 7) is 5.78. The number of nitrogens with zero attached hydrogens (tertiary/aromatic N) is 8. The second-order valence-electron chi connectivity index (χ2n) is 13.6. The summed E-state index contributed by atoms with van der Waals surface area (Å²) >= 11 is 0. The fourth-order valence-corrected chi connectivity index (χ4v) is 6.07. The highest BCUT2D eigenvalue weighted by Crippen LogP contribution is 2.03. The minimum atomic E-state index is -1.02. The Hall–Kier alpha value is -4.56. The van der Waals surface area contributed by atoms with E-state index in [1.54, 1.807) is 19.6 Å². The maximum atomic E-state index is 11.4. The number of nitrogens with two attached hydrogens (primary N) is 4. The molecule has 0 saturated carbocycles. The first-order valence-corrected chi connectivity index (χ1v) is 18.1. The molecule has 2 fully saturated rings. The number of aliphatic carboxylic acids is 4. The van der Waals surface area contributed by atoms with Gasteiger partial charge in [-0.25, -0.2) is 0 Å². The minimum absolute atomic E-state index is 0.0720. The van der Waals surface area contributed by atoms with Crippen LogP contribution in [-0.2, 0) is 38.4 Å². The molecule has 0 radical (unpaired) electrons. The van der Waals surface area contributed by atoms with Crippen LogP contribution in [0.25, 0.3) is 0 Å². The van der Waals surface area contributed by atoms with Crippen LogP contribution in [0, 0.1) is 0 Å². The SMILES string of the molecule is NC(=O)CN1CCN(CC(N)=O)CCN(CC(N)=O)CCN(CC(N)=O)CC1.O=C(O)CN1CCN(CC(=O)O)CCN(CC(=O)O)CCN(CC(=O)O)CC1. The van der Waals surface area contributed by atoms with Crippen molar-refractivity contribution in [1.29, 1.82) is 0 Å². The van der Waals surface area contributed by atoms with Gasteiger partial charge in [0.15, 0.2) is 0 Å². The van der Waals surface area contributed by atoms with Gasteiger partial charge in [-0.05, 0) is 0 Å². The first-order chi connectivity index (χ1) is 26.3. The van der Waals surface area contributed by atoms with Crippen molar-refractivity contribution in [3.63, 3.8) is 0 Å². The summed E-state index contributed by atoms with van der Waals surface area (Å²) in [7, 11) is 0. The Bertz CT molecular complexity index is 991. The number of rotatable bonds is 16. The molecule has 24 nitrogen and oxygen atoms in total. The third kappa shape index (κ3) is 25.5. The van der Waals surface area contributed by atoms with Crippen LogP contribution >= 0.6 is 0 Å². The number of carboxylic acid groups (broad SMARTS) is 4. The van der Waals surface area contributed by atoms with Gasteiger partial charge in [-0.1, -0.05) is 0 Å². The Morgan fingerprint density at radius 3 is 0.464 bits per heavy atom. The number of carbonyl (C=O) groups excluding carboxylic acids is 4. The van der Waals surface area contributed by atoms with E-state index in [-0.39, 0.29) is 52.4 Å². The number of hydrogen-bond donors (Lipinski definition) is 8. The molecule has 0 aliphatic carbocycles. The molecule has 2 heterocycles. The van der Waals surface area contributed by atoms with Gasteiger partial charge in [-0.3, -0.25) is 77.6 Å². The fraction of sp³-hybridized carbons (Fsp3) is 0.750. The molecule has 2 aliphatic rings. The lowest BCUT2D eigenvalue weighted by Crippen LogP contribution is -2.50. The van der Waals surface area contributed by atoms with Crippen LogP contribution in [0.2, 0.25) is 0 Å². The molecule has 0 aromatic heterocycles. The Kier molecular flexibility index (Phi) is 23.9. The highest BCUT2D eigenvalue weighted by Gasteiger charge is 2.22. The molecule has 0 aromatic rings. The average molecular weight is 805 g/mol. The van der Waals surface area contributed by atoms with Crippen molar-refractivity contribution in [1.82, 2.24) is 39.2 Å². The van der Waals surface area contributed by atoms with Gasteiger partial charge in [-0.2, -0.15) is 0 Å². The zero-order chi connectivity index (χ0) is 42.2. The second-order valence-corrected chi connectivity index (χ2v) is 13.6. The lowest BCUT2D eigenvalue weighted by atomic mass is 10.3. The smallest absolute Gasteiger partial charge is 0.317 e. The summed E-state index contributed by atoms with van der Waals surface area (Å²) < 4.78 is 0. The largest absolute Gasteiger partial charge is 0.480 e. The quantitative estimate of drug-likeness (QED) is 0.0718. The van der Waals surface area contributed by atoms with E-state index in [0.29, 0.717) is 105 Å². The summed E-state index contributed by atoms with van der Waals surface area (Å²) in [5, 5.41) is 36.3. The Labute approximate surface area is 325 Å². The number of hydrogen-bond acceptors (Lipinski definition) is 16. The second kappa shape index (κ2) is 27.1. The van der Waals surface area contributed by atoms with Crippen molar-refractivity contribution in [3.8, 4) is 0 Å². The molecule has 2 rings (SSSR count). The Balaban J connectivity index is 0.000000560. The predicted octanol–water partition coefficient (Wildman–Crippen LogP) is -7.30. The van der Waals surface area contributed by atoms with Crippen LogP contribution in [0.1, 0.15) is 0 Å². The van der Waals surface area contributed by atoms with E-state index in [9.17, 15) is 38.4 Å². The van der Waals surface area contributed by atoms with Crippen LogP contribution in [0.4, 0.5) is 0 Å². The molecule has 2 aliphatic heterocycles. The van der Waals surface area contributed by atoms with E-state index < -0.39 is 47.5 Å². The van der Waals surface area contributed by atoms with Gasteiger partial charge in [-0.15, -0.1) is 0 Å². The van der Waals surface area contributed by atoms with Gasteiger partial charge in [0.2, 0.25) is 23.6 Å². The van der Waals surface area contributed by atoms with Gasteiger partial charge < -0.3 is 43.4 Å². The van der Waals surface area contributed by atoms with E-state index in [1.165, 1.54) is 0 Å². The van der Waals surface area contributed by atoms with Gasteiger partial charge in [0.25, 0.3) is 0 Å². The third-order valence-electron chi connectivity index (χ3n) is 8.81. The standard InChI is InChI=1S/C16H32N8O4.C16H28N4O8/c17-13(25)9-21-1-2-22(10-14(18)26)5-6-24(12-16(20)28)8-7-23(4-3-21)11-15(19)27;21-13(22)9-17-1-2-18(10-14(23)24)5-6-20(12-16(27)28)8-7-19(4-3-17)11-15(25)26/h1-12H2,(H2,17,25)(H2,18,26)(H2,19,27)(H2,20,28);1-12H2,(H,21,22)(H,23,24)(H,25,26)(H,27,28). The molecule has 0 spiro atoms. The molecule has 2 saturated heterocycles. The molecule has 0 aromatic carbocycles. The Morgan fingerprint density at radius 2 is 0.375 bits per heavy atom. The van der Waals surface area contributed by atoms with Crippen LogP contribution < -0.4 is 22.9 Å². The normalized spacial score (nSPS) is 19.4. The van der Waals surface area contributed by atoms with Gasteiger partial charge in [0, 0.05) is 105 Å². The Morgan fingerprint density at radius 1 is 0.268 bits per heavy atom. The lowest BCUT2D eigenvalue weighted by molar-refractivity contribution is -0.141. The molecular formula is C32H60N12O12. The molecule has 4 amide bonds. The highest BCUT2D eigenvalue weighted by molar-refractivity contribution is 5.77. The van der Waals surface area contributed by atoms with Crippen molar-refractivity contribution in [2.24, 2.45) is 22.9 Å². The van der Waals surface area contributed by atoms with Crippen LogP contribution in [-0.4, -0.2) is 264 Å².